The Balaban J connectivity index is 2.09. The lowest BCUT2D eigenvalue weighted by Crippen LogP contribution is -2.59. The molecule has 14 atom stereocenters. The Labute approximate surface area is 286 Å². The van der Waals surface area contributed by atoms with E-state index in [1.54, 1.807) is 0 Å². The molecule has 0 spiro atoms. The third-order valence-corrected chi connectivity index (χ3v) is 8.77. The second kappa shape index (κ2) is 22.4. The summed E-state index contributed by atoms with van der Waals surface area (Å²) in [6.45, 7) is 2.61. The molecule has 0 aromatic heterocycles. The minimum absolute atomic E-state index is 0.0871. The molecule has 2 aliphatic rings. The van der Waals surface area contributed by atoms with E-state index < -0.39 is 124 Å². The number of aliphatic hydroxyl groups excluding tert-OH is 9. The predicted octanol–water partition coefficient (Wildman–Crippen LogP) is -1.57. The molecule has 2 aliphatic heterocycles. The Hall–Kier alpha value is -1.58. The fourth-order valence-electron chi connectivity index (χ4n) is 5.94. The molecule has 0 amide bonds. The summed E-state index contributed by atoms with van der Waals surface area (Å²) in [7, 11) is 0. The van der Waals surface area contributed by atoms with Crippen LogP contribution in [0.3, 0.4) is 0 Å². The molecule has 49 heavy (non-hydrogen) atoms. The number of carbonyl (C=O) groups is 2. The number of carbonyl (C=O) groups excluding carboxylic acids is 1. The number of ether oxygens (including phenoxy) is 5. The zero-order valence-corrected chi connectivity index (χ0v) is 28.3. The van der Waals surface area contributed by atoms with Gasteiger partial charge in [0.15, 0.2) is 12.6 Å². The highest BCUT2D eigenvalue weighted by Crippen LogP contribution is 2.28. The maximum atomic E-state index is 13.1. The highest BCUT2D eigenvalue weighted by Gasteiger charge is 2.46. The minimum Gasteiger partial charge on any atom is -0.481 e. The van der Waals surface area contributed by atoms with E-state index in [1.807, 2.05) is 13.8 Å². The zero-order valence-electron chi connectivity index (χ0n) is 28.3. The Kier molecular flexibility index (Phi) is 19.9. The van der Waals surface area contributed by atoms with Crippen LogP contribution in [0.5, 0.6) is 0 Å². The lowest BCUT2D eigenvalue weighted by atomic mass is 9.98. The SMILES string of the molecule is CCCCC[C@@H](C[C@@H](CC(=O)O)O[C@H]1O[C@@H](CO)[C@@H](O)[C@@H](O)[C@H]1O)OC(=O)C[C@H](O)C[C@H](CCCCC)O[C@H]1O[C@@H](CO)[C@@H](O)[C@@H](O)[C@H]1O. The van der Waals surface area contributed by atoms with Gasteiger partial charge < -0.3 is 74.7 Å². The quantitative estimate of drug-likeness (QED) is 0.0423. The molecule has 0 aliphatic carbocycles. The van der Waals surface area contributed by atoms with E-state index in [0.717, 1.165) is 25.7 Å². The molecule has 2 heterocycles. The minimum atomic E-state index is -1.76. The molecule has 0 radical (unpaired) electrons. The number of aliphatic hydroxyl groups is 9. The van der Waals surface area contributed by atoms with Gasteiger partial charge in [-0.25, -0.2) is 0 Å². The first-order valence-electron chi connectivity index (χ1n) is 17.3. The molecular formula is C32H58O17. The van der Waals surface area contributed by atoms with Crippen LogP contribution in [-0.2, 0) is 33.3 Å². The lowest BCUT2D eigenvalue weighted by molar-refractivity contribution is -0.313. The van der Waals surface area contributed by atoms with Gasteiger partial charge in [0, 0.05) is 12.8 Å². The van der Waals surface area contributed by atoms with Gasteiger partial charge in [-0.3, -0.25) is 9.59 Å². The van der Waals surface area contributed by atoms with Crippen LogP contribution in [-0.4, -0.2) is 162 Å². The topological polar surface area (TPSA) is 283 Å². The monoisotopic (exact) mass is 714 g/mol. The number of rotatable bonds is 23. The van der Waals surface area contributed by atoms with Gasteiger partial charge in [-0.05, 0) is 19.3 Å². The molecule has 0 bridgehead atoms. The average molecular weight is 715 g/mol. The summed E-state index contributed by atoms with van der Waals surface area (Å²) in [4.78, 5) is 24.7. The van der Waals surface area contributed by atoms with Gasteiger partial charge >= 0.3 is 11.9 Å². The lowest BCUT2D eigenvalue weighted by Gasteiger charge is -2.41. The molecule has 0 aromatic carbocycles. The van der Waals surface area contributed by atoms with Crippen LogP contribution in [0.4, 0.5) is 0 Å². The zero-order chi connectivity index (χ0) is 36.7. The molecule has 2 fully saturated rings. The maximum absolute atomic E-state index is 13.1. The van der Waals surface area contributed by atoms with Crippen molar-refractivity contribution in [3.05, 3.63) is 0 Å². The molecule has 10 N–H and O–H groups in total. The van der Waals surface area contributed by atoms with Gasteiger partial charge in [-0.2, -0.15) is 0 Å². The second-order valence-corrected chi connectivity index (χ2v) is 12.9. The van der Waals surface area contributed by atoms with Crippen molar-refractivity contribution in [1.82, 2.24) is 0 Å². The van der Waals surface area contributed by atoms with Crippen LogP contribution in [0, 0.1) is 0 Å². The molecule has 288 valence electrons. The van der Waals surface area contributed by atoms with Crippen LogP contribution < -0.4 is 0 Å². The van der Waals surface area contributed by atoms with E-state index in [-0.39, 0.29) is 12.8 Å². The third-order valence-electron chi connectivity index (χ3n) is 8.77. The third kappa shape index (κ3) is 14.2. The molecule has 17 nitrogen and oxygen atoms in total. The van der Waals surface area contributed by atoms with Crippen molar-refractivity contribution in [3.8, 4) is 0 Å². The van der Waals surface area contributed by atoms with Crippen LogP contribution in [0.15, 0.2) is 0 Å². The highest BCUT2D eigenvalue weighted by atomic mass is 16.7. The normalized spacial score (nSPS) is 33.0. The smallest absolute Gasteiger partial charge is 0.308 e. The summed E-state index contributed by atoms with van der Waals surface area (Å²) in [6, 6.07) is 0. The van der Waals surface area contributed by atoms with E-state index in [1.165, 1.54) is 0 Å². The van der Waals surface area contributed by atoms with Gasteiger partial charge in [0.2, 0.25) is 0 Å². The summed E-state index contributed by atoms with van der Waals surface area (Å²) < 4.78 is 28.1. The maximum Gasteiger partial charge on any atom is 0.308 e. The fraction of sp³-hybridized carbons (Fsp3) is 0.938. The number of hydrogen-bond donors (Lipinski definition) is 10. The Morgan fingerprint density at radius 1 is 0.633 bits per heavy atom. The molecule has 17 heteroatoms. The van der Waals surface area contributed by atoms with E-state index in [0.29, 0.717) is 25.7 Å². The second-order valence-electron chi connectivity index (χ2n) is 12.9. The number of hydrogen-bond acceptors (Lipinski definition) is 16. The Morgan fingerprint density at radius 3 is 1.55 bits per heavy atom. The van der Waals surface area contributed by atoms with Crippen LogP contribution in [0.1, 0.15) is 90.9 Å². The van der Waals surface area contributed by atoms with Gasteiger partial charge in [0.05, 0.1) is 44.4 Å². The molecule has 2 saturated heterocycles. The van der Waals surface area contributed by atoms with E-state index in [9.17, 15) is 60.7 Å². The van der Waals surface area contributed by atoms with Crippen molar-refractivity contribution in [1.29, 1.82) is 0 Å². The van der Waals surface area contributed by atoms with Crippen molar-refractivity contribution >= 4 is 11.9 Å². The first-order valence-corrected chi connectivity index (χ1v) is 17.3. The summed E-state index contributed by atoms with van der Waals surface area (Å²) in [5.41, 5.74) is 0. The molecular weight excluding hydrogens is 656 g/mol. The summed E-state index contributed by atoms with van der Waals surface area (Å²) >= 11 is 0. The van der Waals surface area contributed by atoms with Crippen molar-refractivity contribution in [2.45, 2.75) is 177 Å². The number of aliphatic carboxylic acids is 1. The van der Waals surface area contributed by atoms with Gasteiger partial charge in [-0.15, -0.1) is 0 Å². The van der Waals surface area contributed by atoms with E-state index in [4.69, 9.17) is 23.7 Å². The Morgan fingerprint density at radius 2 is 1.10 bits per heavy atom. The van der Waals surface area contributed by atoms with Crippen LogP contribution >= 0.6 is 0 Å². The van der Waals surface area contributed by atoms with Gasteiger partial charge in [0.25, 0.3) is 0 Å². The van der Waals surface area contributed by atoms with Gasteiger partial charge in [-0.1, -0.05) is 46.0 Å². The standard InChI is InChI=1S/C32H58O17/c1-3-5-7-9-18(46-31-29(43)27(41)25(39)21(15-33)48-31)11-17(35)12-24(38)45-19(10-8-6-4-2)13-20(14-23(36)37)47-32-30(44)28(42)26(40)22(16-34)49-32/h17-22,25-35,39-44H,3-16H2,1-2H3,(H,36,37)/t17-,18+,19+,20+,21+,22+,25-,26-,27-,28-,29-,30-,31+,32+/m1/s1. The number of carboxylic acids is 1. The van der Waals surface area contributed by atoms with E-state index >= 15 is 0 Å². The van der Waals surface area contributed by atoms with Crippen molar-refractivity contribution in [3.63, 3.8) is 0 Å². The molecule has 0 aromatic rings. The number of esters is 1. The average Bonchev–Trinajstić information content (AvgIpc) is 3.04. The summed E-state index contributed by atoms with van der Waals surface area (Å²) in [6.07, 6.45) is -15.5. The van der Waals surface area contributed by atoms with Crippen LogP contribution in [0.25, 0.3) is 0 Å². The van der Waals surface area contributed by atoms with Crippen molar-refractivity contribution < 1.29 is 84.3 Å². The van der Waals surface area contributed by atoms with Crippen molar-refractivity contribution in [2.24, 2.45) is 0 Å². The Bertz CT molecular complexity index is 937. The van der Waals surface area contributed by atoms with Crippen LogP contribution in [0.2, 0.25) is 0 Å². The molecule has 0 saturated carbocycles. The number of carboxylic acid groups (broad SMARTS) is 1. The predicted molar refractivity (Wildman–Crippen MR) is 168 cm³/mol. The van der Waals surface area contributed by atoms with E-state index in [2.05, 4.69) is 0 Å². The number of unbranched alkanes of at least 4 members (excludes halogenated alkanes) is 4. The summed E-state index contributed by atoms with van der Waals surface area (Å²) in [5, 5.41) is 101. The first-order chi connectivity index (χ1) is 23.3. The summed E-state index contributed by atoms with van der Waals surface area (Å²) in [5.74, 6) is -2.06. The highest BCUT2D eigenvalue weighted by molar-refractivity contribution is 5.70. The first kappa shape index (κ1) is 43.6. The van der Waals surface area contributed by atoms with Crippen molar-refractivity contribution in [2.75, 3.05) is 13.2 Å². The fourth-order valence-corrected chi connectivity index (χ4v) is 5.94. The molecule has 0 unspecified atom stereocenters. The largest absolute Gasteiger partial charge is 0.481 e. The van der Waals surface area contributed by atoms with Gasteiger partial charge in [0.1, 0.15) is 54.9 Å². The molecule has 2 rings (SSSR count).